The summed E-state index contributed by atoms with van der Waals surface area (Å²) in [5, 5.41) is 10.5. The van der Waals surface area contributed by atoms with Gasteiger partial charge in [-0.25, -0.2) is 0 Å². The van der Waals surface area contributed by atoms with Gasteiger partial charge in [0.2, 0.25) is 5.91 Å². The van der Waals surface area contributed by atoms with Crippen molar-refractivity contribution in [2.45, 2.75) is 38.6 Å². The van der Waals surface area contributed by atoms with Crippen LogP contribution in [0.4, 0.5) is 5.82 Å². The minimum atomic E-state index is 0. The Morgan fingerprint density at radius 2 is 1.83 bits per heavy atom. The van der Waals surface area contributed by atoms with Gasteiger partial charge in [0.25, 0.3) is 0 Å². The van der Waals surface area contributed by atoms with Crippen molar-refractivity contribution in [3.63, 3.8) is 0 Å². The maximum Gasteiger partial charge on any atom is 0.222 e. The molecule has 1 aliphatic heterocycles. The van der Waals surface area contributed by atoms with E-state index in [0.29, 0.717) is 17.9 Å². The van der Waals surface area contributed by atoms with Gasteiger partial charge in [-0.15, -0.1) is 17.5 Å². The Morgan fingerprint density at radius 1 is 1.21 bits per heavy atom. The minimum Gasteiger partial charge on any atom is -0.493 e. The highest BCUT2D eigenvalue weighted by Gasteiger charge is 2.26. The average Bonchev–Trinajstić information content (AvgIpc) is 2.72. The van der Waals surface area contributed by atoms with Crippen LogP contribution in [0.3, 0.4) is 0 Å². The molecule has 1 aromatic heterocycles. The molecule has 2 aromatic rings. The van der Waals surface area contributed by atoms with Crippen molar-refractivity contribution in [3.05, 3.63) is 18.3 Å². The van der Waals surface area contributed by atoms with E-state index in [-0.39, 0.29) is 29.8 Å². The Morgan fingerprint density at radius 3 is 2.41 bits per heavy atom. The first-order valence-corrected chi connectivity index (χ1v) is 9.47. The Hall–Kier alpha value is -2.32. The number of hydrogen-bond acceptors (Lipinski definition) is 6. The number of fused-ring (bicyclic) bond motifs is 1. The zero-order valence-corrected chi connectivity index (χ0v) is 18.3. The molecule has 2 N–H and O–H groups in total. The SMILES string of the molecule is CCCC(=O)N(C)C1CCN(c2nncc3cc(OC)c(OC)cc23)CC1.Cl.O. The van der Waals surface area contributed by atoms with E-state index in [2.05, 4.69) is 15.1 Å². The number of ether oxygens (including phenoxy) is 2. The number of halogens is 1. The van der Waals surface area contributed by atoms with Gasteiger partial charge in [-0.3, -0.25) is 4.79 Å². The quantitative estimate of drug-likeness (QED) is 0.703. The molecule has 1 fully saturated rings. The van der Waals surface area contributed by atoms with Crippen LogP contribution < -0.4 is 14.4 Å². The number of methoxy groups -OCH3 is 2. The Kier molecular flexibility index (Phi) is 9.39. The van der Waals surface area contributed by atoms with Crippen molar-refractivity contribution in [1.82, 2.24) is 15.1 Å². The number of rotatable bonds is 6. The zero-order valence-electron chi connectivity index (χ0n) is 17.5. The summed E-state index contributed by atoms with van der Waals surface area (Å²) in [4.78, 5) is 16.3. The standard InChI is InChI=1S/C20H28N4O3.ClH.H2O/c1-5-6-19(25)23(2)15-7-9-24(10-8-15)20-16-12-18(27-4)17(26-3)11-14(16)13-21-22-20;;/h11-13,15H,5-10H2,1-4H3;1H;1H2. The number of nitrogens with zero attached hydrogens (tertiary/aromatic N) is 4. The molecule has 0 saturated carbocycles. The second-order valence-electron chi connectivity index (χ2n) is 6.94. The van der Waals surface area contributed by atoms with Crippen molar-refractivity contribution in [2.75, 3.05) is 39.3 Å². The molecule has 1 saturated heterocycles. The molecule has 0 bridgehead atoms. The summed E-state index contributed by atoms with van der Waals surface area (Å²) in [5.41, 5.74) is 0. The number of benzene rings is 1. The number of anilines is 1. The number of hydrogen-bond donors (Lipinski definition) is 0. The van der Waals surface area contributed by atoms with Gasteiger partial charge < -0.3 is 24.7 Å². The lowest BCUT2D eigenvalue weighted by Crippen LogP contribution is -2.45. The predicted molar refractivity (Wildman–Crippen MR) is 116 cm³/mol. The van der Waals surface area contributed by atoms with E-state index >= 15 is 0 Å². The lowest BCUT2D eigenvalue weighted by atomic mass is 10.0. The molecule has 0 atom stereocenters. The third-order valence-corrected chi connectivity index (χ3v) is 5.31. The van der Waals surface area contributed by atoms with Crippen LogP contribution in [-0.4, -0.2) is 66.9 Å². The van der Waals surface area contributed by atoms with Crippen LogP contribution in [0.1, 0.15) is 32.6 Å². The highest BCUT2D eigenvalue weighted by molar-refractivity contribution is 5.94. The summed E-state index contributed by atoms with van der Waals surface area (Å²) in [6.07, 6.45) is 5.10. The van der Waals surface area contributed by atoms with Crippen molar-refractivity contribution in [3.8, 4) is 11.5 Å². The number of aromatic nitrogens is 2. The third-order valence-electron chi connectivity index (χ3n) is 5.31. The van der Waals surface area contributed by atoms with Crippen molar-refractivity contribution in [2.24, 2.45) is 0 Å². The van der Waals surface area contributed by atoms with Crippen molar-refractivity contribution < 1.29 is 19.7 Å². The lowest BCUT2D eigenvalue weighted by Gasteiger charge is -2.37. The second kappa shape index (κ2) is 11.0. The highest BCUT2D eigenvalue weighted by atomic mass is 35.5. The number of piperidine rings is 1. The van der Waals surface area contributed by atoms with Crippen LogP contribution in [0.5, 0.6) is 11.5 Å². The van der Waals surface area contributed by atoms with Crippen LogP contribution in [0, 0.1) is 0 Å². The van der Waals surface area contributed by atoms with Crippen LogP contribution in [0.25, 0.3) is 10.8 Å². The van der Waals surface area contributed by atoms with E-state index in [9.17, 15) is 4.79 Å². The summed E-state index contributed by atoms with van der Waals surface area (Å²) in [6, 6.07) is 4.18. The van der Waals surface area contributed by atoms with Crippen LogP contribution in [-0.2, 0) is 4.79 Å². The summed E-state index contributed by atoms with van der Waals surface area (Å²) in [6.45, 7) is 3.73. The smallest absolute Gasteiger partial charge is 0.222 e. The van der Waals surface area contributed by atoms with E-state index in [4.69, 9.17) is 9.47 Å². The van der Waals surface area contributed by atoms with Gasteiger partial charge in [0.1, 0.15) is 0 Å². The molecule has 162 valence electrons. The van der Waals surface area contributed by atoms with Crippen molar-refractivity contribution in [1.29, 1.82) is 0 Å². The minimum absolute atomic E-state index is 0. The lowest BCUT2D eigenvalue weighted by molar-refractivity contribution is -0.132. The summed E-state index contributed by atoms with van der Waals surface area (Å²) in [7, 11) is 5.18. The summed E-state index contributed by atoms with van der Waals surface area (Å²) >= 11 is 0. The first kappa shape index (κ1) is 24.7. The fourth-order valence-corrected chi connectivity index (χ4v) is 3.69. The molecular weight excluding hydrogens is 396 g/mol. The monoisotopic (exact) mass is 426 g/mol. The molecule has 1 aromatic carbocycles. The van der Waals surface area contributed by atoms with Gasteiger partial charge in [0, 0.05) is 43.4 Å². The number of carbonyl (C=O) groups is 1. The first-order chi connectivity index (χ1) is 13.1. The number of carbonyl (C=O) groups excluding carboxylic acids is 1. The summed E-state index contributed by atoms with van der Waals surface area (Å²) in [5.74, 6) is 2.45. The largest absolute Gasteiger partial charge is 0.493 e. The van der Waals surface area contributed by atoms with E-state index in [1.54, 1.807) is 20.4 Å². The third kappa shape index (κ3) is 5.19. The van der Waals surface area contributed by atoms with E-state index < -0.39 is 0 Å². The molecule has 1 aliphatic rings. The molecule has 0 unspecified atom stereocenters. The molecule has 29 heavy (non-hydrogen) atoms. The zero-order chi connectivity index (χ0) is 19.4. The molecule has 0 spiro atoms. The Balaban J connectivity index is 0.00000210. The van der Waals surface area contributed by atoms with Gasteiger partial charge in [0.15, 0.2) is 17.3 Å². The fraction of sp³-hybridized carbons (Fsp3) is 0.550. The molecule has 0 aliphatic carbocycles. The highest BCUT2D eigenvalue weighted by Crippen LogP contribution is 2.36. The van der Waals surface area contributed by atoms with Gasteiger partial charge in [0.05, 0.1) is 20.4 Å². The van der Waals surface area contributed by atoms with Crippen LogP contribution >= 0.6 is 12.4 Å². The summed E-state index contributed by atoms with van der Waals surface area (Å²) < 4.78 is 10.8. The first-order valence-electron chi connectivity index (χ1n) is 9.47. The van der Waals surface area contributed by atoms with Gasteiger partial charge >= 0.3 is 0 Å². The maximum absolute atomic E-state index is 12.2. The van der Waals surface area contributed by atoms with Gasteiger partial charge in [-0.05, 0) is 31.4 Å². The topological polar surface area (TPSA) is 99.3 Å². The second-order valence-corrected chi connectivity index (χ2v) is 6.94. The van der Waals surface area contributed by atoms with Crippen LogP contribution in [0.2, 0.25) is 0 Å². The van der Waals surface area contributed by atoms with Crippen LogP contribution in [0.15, 0.2) is 18.3 Å². The van der Waals surface area contributed by atoms with E-state index in [0.717, 1.165) is 48.9 Å². The van der Waals surface area contributed by atoms with Gasteiger partial charge in [-0.1, -0.05) is 6.92 Å². The average molecular weight is 427 g/mol. The molecule has 8 nitrogen and oxygen atoms in total. The molecular formula is C20H31ClN4O4. The van der Waals surface area contributed by atoms with Crippen molar-refractivity contribution >= 4 is 34.9 Å². The Bertz CT molecular complexity index is 812. The number of amides is 1. The molecule has 2 heterocycles. The maximum atomic E-state index is 12.2. The molecule has 0 radical (unpaired) electrons. The molecule has 1 amide bonds. The van der Waals surface area contributed by atoms with E-state index in [1.165, 1.54) is 0 Å². The molecule has 9 heteroatoms. The van der Waals surface area contributed by atoms with E-state index in [1.807, 2.05) is 31.0 Å². The fourth-order valence-electron chi connectivity index (χ4n) is 3.69. The normalized spacial score (nSPS) is 14.0. The Labute approximate surface area is 177 Å². The van der Waals surface area contributed by atoms with Gasteiger partial charge in [-0.2, -0.15) is 5.10 Å². The molecule has 3 rings (SSSR count). The predicted octanol–water partition coefficient (Wildman–Crippen LogP) is 2.47.